The summed E-state index contributed by atoms with van der Waals surface area (Å²) >= 11 is 3.53. The van der Waals surface area contributed by atoms with Gasteiger partial charge in [-0.05, 0) is 31.4 Å². The fraction of sp³-hybridized carbons (Fsp3) is 0.500. The lowest BCUT2D eigenvalue weighted by Crippen LogP contribution is -2.05. The minimum atomic E-state index is 0.708. The fourth-order valence-corrected chi connectivity index (χ4v) is 2.45. The molecule has 0 N–H and O–H groups in total. The van der Waals surface area contributed by atoms with Crippen LogP contribution in [0.3, 0.4) is 0 Å². The number of halogens is 1. The molecule has 1 heterocycles. The van der Waals surface area contributed by atoms with E-state index >= 15 is 0 Å². The molecule has 3 heteroatoms. The molecule has 1 aromatic heterocycles. The summed E-state index contributed by atoms with van der Waals surface area (Å²) in [6.07, 6.45) is 2.25. The van der Waals surface area contributed by atoms with Gasteiger partial charge in [-0.15, -0.1) is 0 Å². The van der Waals surface area contributed by atoms with Crippen LogP contribution < -0.4 is 0 Å². The molecule has 0 saturated heterocycles. The van der Waals surface area contributed by atoms with Crippen LogP contribution in [0.4, 0.5) is 0 Å². The fourth-order valence-electron chi connectivity index (χ4n) is 2.12. The monoisotopic (exact) mass is 294 g/mol. The number of para-hydroxylation sites is 2. The highest BCUT2D eigenvalue weighted by molar-refractivity contribution is 9.09. The molecule has 17 heavy (non-hydrogen) atoms. The molecule has 0 radical (unpaired) electrons. The molecule has 0 aliphatic carbocycles. The molecule has 1 atom stereocenters. The Kier molecular flexibility index (Phi) is 4.21. The second kappa shape index (κ2) is 5.67. The minimum absolute atomic E-state index is 0.708. The lowest BCUT2D eigenvalue weighted by molar-refractivity contribution is 0.571. The second-order valence-electron chi connectivity index (χ2n) is 4.56. The predicted molar refractivity (Wildman–Crippen MR) is 76.7 cm³/mol. The number of aromatic nitrogens is 2. The van der Waals surface area contributed by atoms with Gasteiger partial charge in [0.1, 0.15) is 5.82 Å². The maximum Gasteiger partial charge on any atom is 0.109 e. The Balaban J connectivity index is 2.27. The Bertz CT molecular complexity index is 490. The Labute approximate surface area is 111 Å². The van der Waals surface area contributed by atoms with E-state index in [1.807, 2.05) is 0 Å². The maximum absolute atomic E-state index is 4.74. The molecule has 1 unspecified atom stereocenters. The molecule has 2 rings (SSSR count). The van der Waals surface area contributed by atoms with Gasteiger partial charge in [-0.3, -0.25) is 0 Å². The summed E-state index contributed by atoms with van der Waals surface area (Å²) in [6.45, 7) is 5.46. The summed E-state index contributed by atoms with van der Waals surface area (Å²) in [4.78, 5) is 4.74. The van der Waals surface area contributed by atoms with E-state index in [-0.39, 0.29) is 0 Å². The lowest BCUT2D eigenvalue weighted by atomic mass is 10.1. The van der Waals surface area contributed by atoms with Crippen molar-refractivity contribution >= 4 is 27.0 Å². The average Bonchev–Trinajstić information content (AvgIpc) is 2.73. The van der Waals surface area contributed by atoms with Crippen molar-refractivity contribution in [3.63, 3.8) is 0 Å². The quantitative estimate of drug-likeness (QED) is 0.762. The van der Waals surface area contributed by atoms with Crippen LogP contribution in [0, 0.1) is 5.92 Å². The van der Waals surface area contributed by atoms with Crippen LogP contribution in [0.1, 0.15) is 26.1 Å². The number of alkyl halides is 1. The number of hydrogen-bond acceptors (Lipinski definition) is 1. The van der Waals surface area contributed by atoms with Crippen molar-refractivity contribution in [2.24, 2.45) is 5.92 Å². The highest BCUT2D eigenvalue weighted by Crippen LogP contribution is 2.18. The zero-order valence-corrected chi connectivity index (χ0v) is 12.1. The van der Waals surface area contributed by atoms with E-state index in [9.17, 15) is 0 Å². The molecule has 2 aromatic rings. The topological polar surface area (TPSA) is 17.8 Å². The van der Waals surface area contributed by atoms with Crippen molar-refractivity contribution in [1.82, 2.24) is 9.55 Å². The standard InChI is InChI=1S/C14H19BrN2/c1-3-17-13-7-5-4-6-12(13)16-14(17)9-8-11(2)10-15/h4-7,11H,3,8-10H2,1-2H3. The third-order valence-electron chi connectivity index (χ3n) is 3.17. The summed E-state index contributed by atoms with van der Waals surface area (Å²) in [5.74, 6) is 1.93. The van der Waals surface area contributed by atoms with Gasteiger partial charge >= 0.3 is 0 Å². The molecule has 0 fully saturated rings. The number of aryl methyl sites for hydroxylation is 2. The number of imidazole rings is 1. The Hall–Kier alpha value is -0.830. The molecular weight excluding hydrogens is 276 g/mol. The molecule has 0 aliphatic heterocycles. The summed E-state index contributed by atoms with van der Waals surface area (Å²) in [6, 6.07) is 8.39. The molecule has 0 bridgehead atoms. The van der Waals surface area contributed by atoms with Gasteiger partial charge < -0.3 is 4.57 Å². The van der Waals surface area contributed by atoms with Crippen LogP contribution in [0.15, 0.2) is 24.3 Å². The first kappa shape index (κ1) is 12.6. The third-order valence-corrected chi connectivity index (χ3v) is 4.28. The van der Waals surface area contributed by atoms with Gasteiger partial charge in [0.25, 0.3) is 0 Å². The molecule has 92 valence electrons. The summed E-state index contributed by atoms with van der Waals surface area (Å²) in [5, 5.41) is 1.07. The number of hydrogen-bond donors (Lipinski definition) is 0. The first-order valence-electron chi connectivity index (χ1n) is 6.26. The summed E-state index contributed by atoms with van der Waals surface area (Å²) < 4.78 is 2.33. The van der Waals surface area contributed by atoms with Crippen LogP contribution in [0.2, 0.25) is 0 Å². The smallest absolute Gasteiger partial charge is 0.109 e. The molecule has 0 saturated carbocycles. The van der Waals surface area contributed by atoms with Crippen LogP contribution >= 0.6 is 15.9 Å². The SMILES string of the molecule is CCn1c(CCC(C)CBr)nc2ccccc21. The van der Waals surface area contributed by atoms with Gasteiger partial charge in [-0.2, -0.15) is 0 Å². The van der Waals surface area contributed by atoms with E-state index in [1.165, 1.54) is 17.8 Å². The highest BCUT2D eigenvalue weighted by Gasteiger charge is 2.10. The molecule has 0 spiro atoms. The normalized spacial score (nSPS) is 13.1. The maximum atomic E-state index is 4.74. The van der Waals surface area contributed by atoms with Crippen molar-refractivity contribution < 1.29 is 0 Å². The Morgan fingerprint density at radius 2 is 2.12 bits per heavy atom. The minimum Gasteiger partial charge on any atom is -0.328 e. The van der Waals surface area contributed by atoms with Crippen LogP contribution in [0.5, 0.6) is 0 Å². The first-order chi connectivity index (χ1) is 8.26. The number of benzene rings is 1. The van der Waals surface area contributed by atoms with Crippen LogP contribution in [0.25, 0.3) is 11.0 Å². The largest absolute Gasteiger partial charge is 0.328 e. The van der Waals surface area contributed by atoms with E-state index in [4.69, 9.17) is 4.98 Å². The summed E-state index contributed by atoms with van der Waals surface area (Å²) in [5.41, 5.74) is 2.38. The van der Waals surface area contributed by atoms with Crippen molar-refractivity contribution in [3.8, 4) is 0 Å². The van der Waals surface area contributed by atoms with Gasteiger partial charge in [0, 0.05) is 18.3 Å². The number of fused-ring (bicyclic) bond motifs is 1. The molecule has 0 aliphatic rings. The number of rotatable bonds is 5. The second-order valence-corrected chi connectivity index (χ2v) is 5.21. The zero-order chi connectivity index (χ0) is 12.3. The third kappa shape index (κ3) is 2.71. The number of nitrogens with zero attached hydrogens (tertiary/aromatic N) is 2. The van der Waals surface area contributed by atoms with Gasteiger partial charge in [0.05, 0.1) is 11.0 Å². The summed E-state index contributed by atoms with van der Waals surface area (Å²) in [7, 11) is 0. The van der Waals surface area contributed by atoms with Crippen molar-refractivity contribution in [2.75, 3.05) is 5.33 Å². The van der Waals surface area contributed by atoms with E-state index in [0.717, 1.165) is 23.8 Å². The van der Waals surface area contributed by atoms with Gasteiger partial charge in [-0.1, -0.05) is 35.0 Å². The van der Waals surface area contributed by atoms with E-state index in [2.05, 4.69) is 58.6 Å². The molecule has 0 amide bonds. The first-order valence-corrected chi connectivity index (χ1v) is 7.38. The van der Waals surface area contributed by atoms with Crippen molar-refractivity contribution in [2.45, 2.75) is 33.2 Å². The van der Waals surface area contributed by atoms with Crippen LogP contribution in [-0.4, -0.2) is 14.9 Å². The van der Waals surface area contributed by atoms with Crippen molar-refractivity contribution in [1.29, 1.82) is 0 Å². The predicted octanol–water partition coefficient (Wildman–Crippen LogP) is 4.02. The lowest BCUT2D eigenvalue weighted by Gasteiger charge is -2.08. The molecule has 2 nitrogen and oxygen atoms in total. The highest BCUT2D eigenvalue weighted by atomic mass is 79.9. The van der Waals surface area contributed by atoms with E-state index < -0.39 is 0 Å². The molecule has 1 aromatic carbocycles. The van der Waals surface area contributed by atoms with Crippen molar-refractivity contribution in [3.05, 3.63) is 30.1 Å². The van der Waals surface area contributed by atoms with E-state index in [1.54, 1.807) is 0 Å². The average molecular weight is 295 g/mol. The van der Waals surface area contributed by atoms with Crippen LogP contribution in [-0.2, 0) is 13.0 Å². The van der Waals surface area contributed by atoms with E-state index in [0.29, 0.717) is 5.92 Å². The Morgan fingerprint density at radius 3 is 2.82 bits per heavy atom. The van der Waals surface area contributed by atoms with Gasteiger partial charge in [0.15, 0.2) is 0 Å². The van der Waals surface area contributed by atoms with Gasteiger partial charge in [0.2, 0.25) is 0 Å². The molecular formula is C14H19BrN2. The zero-order valence-electron chi connectivity index (χ0n) is 10.5. The van der Waals surface area contributed by atoms with Gasteiger partial charge in [-0.25, -0.2) is 4.98 Å². The Morgan fingerprint density at radius 1 is 1.35 bits per heavy atom.